The van der Waals surface area contributed by atoms with E-state index in [2.05, 4.69) is 4.98 Å². The first-order chi connectivity index (χ1) is 9.93. The Labute approximate surface area is 124 Å². The number of hydrogen-bond acceptors (Lipinski definition) is 6. The molecule has 1 unspecified atom stereocenters. The Hall–Kier alpha value is -1.67. The molecule has 1 aliphatic rings. The number of hydrogen-bond donors (Lipinski definition) is 1. The number of carbonyl (C=O) groups excluding carboxylic acids is 1. The fourth-order valence-corrected chi connectivity index (χ4v) is 2.86. The molecule has 116 valence electrons. The summed E-state index contributed by atoms with van der Waals surface area (Å²) in [7, 11) is -3.76. The number of piperidine rings is 1. The summed E-state index contributed by atoms with van der Waals surface area (Å²) in [6, 6.07) is 2.60. The number of aromatic nitrogens is 1. The first-order valence-electron chi connectivity index (χ1n) is 6.85. The Morgan fingerprint density at radius 2 is 2.24 bits per heavy atom. The molecule has 0 aliphatic carbocycles. The minimum absolute atomic E-state index is 0.0454. The van der Waals surface area contributed by atoms with Gasteiger partial charge in [0.1, 0.15) is 16.8 Å². The maximum atomic E-state index is 12.0. The van der Waals surface area contributed by atoms with Gasteiger partial charge in [0.2, 0.25) is 10.0 Å². The van der Waals surface area contributed by atoms with Crippen molar-refractivity contribution in [2.24, 2.45) is 5.14 Å². The van der Waals surface area contributed by atoms with Crippen molar-refractivity contribution >= 4 is 21.8 Å². The van der Waals surface area contributed by atoms with E-state index in [1.54, 1.807) is 13.0 Å². The van der Waals surface area contributed by atoms with Gasteiger partial charge in [0.25, 0.3) is 0 Å². The Morgan fingerprint density at radius 1 is 1.48 bits per heavy atom. The van der Waals surface area contributed by atoms with Gasteiger partial charge < -0.3 is 9.64 Å². The number of pyridine rings is 1. The lowest BCUT2D eigenvalue weighted by Crippen LogP contribution is -2.46. The zero-order valence-corrected chi connectivity index (χ0v) is 12.7. The van der Waals surface area contributed by atoms with Crippen LogP contribution in [0, 0.1) is 0 Å². The van der Waals surface area contributed by atoms with Crippen molar-refractivity contribution in [2.45, 2.75) is 37.1 Å². The number of primary sulfonamides is 1. The topological polar surface area (TPSA) is 103 Å². The molecule has 7 nitrogen and oxygen atoms in total. The van der Waals surface area contributed by atoms with Gasteiger partial charge in [0.05, 0.1) is 6.61 Å². The molecule has 8 heteroatoms. The molecule has 1 saturated heterocycles. The van der Waals surface area contributed by atoms with Gasteiger partial charge >= 0.3 is 5.97 Å². The number of nitrogens with two attached hydrogens (primary N) is 1. The third-order valence-corrected chi connectivity index (χ3v) is 4.30. The van der Waals surface area contributed by atoms with Gasteiger partial charge in [-0.05, 0) is 38.3 Å². The van der Waals surface area contributed by atoms with Gasteiger partial charge in [-0.15, -0.1) is 0 Å². The lowest BCUT2D eigenvalue weighted by atomic mass is 10.0. The summed E-state index contributed by atoms with van der Waals surface area (Å²) >= 11 is 0. The highest BCUT2D eigenvalue weighted by atomic mass is 32.2. The van der Waals surface area contributed by atoms with E-state index in [9.17, 15) is 13.2 Å². The van der Waals surface area contributed by atoms with Crippen LogP contribution in [0.3, 0.4) is 0 Å². The second-order valence-electron chi connectivity index (χ2n) is 4.85. The van der Waals surface area contributed by atoms with E-state index >= 15 is 0 Å². The molecule has 2 rings (SSSR count). The molecular formula is C13H19N3O4S. The summed E-state index contributed by atoms with van der Waals surface area (Å²) in [5, 5.41) is 5.04. The van der Waals surface area contributed by atoms with Crippen LogP contribution in [0.2, 0.25) is 0 Å². The van der Waals surface area contributed by atoms with Crippen LogP contribution in [0.15, 0.2) is 23.2 Å². The summed E-state index contributed by atoms with van der Waals surface area (Å²) in [5.74, 6) is 0.287. The molecule has 0 amide bonds. The monoisotopic (exact) mass is 313 g/mol. The molecule has 0 spiro atoms. The Balaban J connectivity index is 2.23. The van der Waals surface area contributed by atoms with E-state index in [1.165, 1.54) is 12.3 Å². The van der Waals surface area contributed by atoms with Crippen molar-refractivity contribution in [3.8, 4) is 0 Å². The molecule has 21 heavy (non-hydrogen) atoms. The molecule has 2 heterocycles. The number of anilines is 1. The van der Waals surface area contributed by atoms with E-state index in [4.69, 9.17) is 9.88 Å². The zero-order valence-electron chi connectivity index (χ0n) is 11.9. The van der Waals surface area contributed by atoms with Crippen LogP contribution in [0.4, 0.5) is 5.82 Å². The molecule has 1 aromatic rings. The molecule has 0 aromatic carbocycles. The smallest absolute Gasteiger partial charge is 0.328 e. The maximum absolute atomic E-state index is 12.0. The van der Waals surface area contributed by atoms with Gasteiger partial charge in [-0.3, -0.25) is 0 Å². The number of esters is 1. The van der Waals surface area contributed by atoms with Crippen LogP contribution in [0.25, 0.3) is 0 Å². The second-order valence-corrected chi connectivity index (χ2v) is 6.42. The lowest BCUT2D eigenvalue weighted by Gasteiger charge is -2.34. The number of nitrogens with zero attached hydrogens (tertiary/aromatic N) is 2. The molecule has 1 aromatic heterocycles. The molecule has 1 fully saturated rings. The summed E-state index contributed by atoms with van der Waals surface area (Å²) in [4.78, 5) is 17.9. The van der Waals surface area contributed by atoms with Crippen molar-refractivity contribution in [1.29, 1.82) is 0 Å². The first-order valence-corrected chi connectivity index (χ1v) is 8.40. The average Bonchev–Trinajstić information content (AvgIpc) is 2.47. The fraction of sp³-hybridized carbons (Fsp3) is 0.538. The molecule has 1 aliphatic heterocycles. The summed E-state index contributed by atoms with van der Waals surface area (Å²) in [5.41, 5.74) is 0. The summed E-state index contributed by atoms with van der Waals surface area (Å²) in [6.45, 7) is 2.79. The van der Waals surface area contributed by atoms with E-state index in [0.717, 1.165) is 12.8 Å². The summed E-state index contributed by atoms with van der Waals surface area (Å²) < 4.78 is 27.5. The van der Waals surface area contributed by atoms with Gasteiger partial charge in [-0.1, -0.05) is 0 Å². The molecule has 0 saturated carbocycles. The minimum Gasteiger partial charge on any atom is -0.464 e. The Bertz CT molecular complexity index is 600. The predicted molar refractivity (Wildman–Crippen MR) is 77.2 cm³/mol. The largest absolute Gasteiger partial charge is 0.464 e. The molecule has 0 radical (unpaired) electrons. The van der Waals surface area contributed by atoms with Crippen LogP contribution in [0.1, 0.15) is 26.2 Å². The standard InChI is InChI=1S/C13H19N3O4S/c1-2-20-13(17)11-5-3-4-8-16(11)12-7-6-10(9-15-12)21(14,18)19/h6-7,9,11H,2-5,8H2,1H3,(H2,14,18,19). The van der Waals surface area contributed by atoms with E-state index in [1.807, 2.05) is 4.90 Å². The Morgan fingerprint density at radius 3 is 2.81 bits per heavy atom. The highest BCUT2D eigenvalue weighted by Crippen LogP contribution is 2.24. The molecule has 0 bridgehead atoms. The SMILES string of the molecule is CCOC(=O)C1CCCCN1c1ccc(S(N)(=O)=O)cn1. The summed E-state index contributed by atoms with van der Waals surface area (Å²) in [6.07, 6.45) is 3.82. The van der Waals surface area contributed by atoms with Crippen LogP contribution in [-0.2, 0) is 19.6 Å². The van der Waals surface area contributed by atoms with Gasteiger partial charge in [-0.25, -0.2) is 23.3 Å². The van der Waals surface area contributed by atoms with Gasteiger partial charge in [0, 0.05) is 12.7 Å². The van der Waals surface area contributed by atoms with Gasteiger partial charge in [0.15, 0.2) is 0 Å². The van der Waals surface area contributed by atoms with Crippen LogP contribution in [0.5, 0.6) is 0 Å². The first kappa shape index (κ1) is 15.7. The predicted octanol–water partition coefficient (Wildman–Crippen LogP) is 0.651. The third kappa shape index (κ3) is 3.70. The number of rotatable bonds is 4. The van der Waals surface area contributed by atoms with Crippen molar-refractivity contribution in [2.75, 3.05) is 18.1 Å². The van der Waals surface area contributed by atoms with Crippen molar-refractivity contribution in [1.82, 2.24) is 4.98 Å². The quantitative estimate of drug-likeness (QED) is 0.819. The average molecular weight is 313 g/mol. The van der Waals surface area contributed by atoms with Crippen LogP contribution < -0.4 is 10.0 Å². The van der Waals surface area contributed by atoms with Crippen LogP contribution in [-0.4, -0.2) is 38.6 Å². The molecule has 1 atom stereocenters. The maximum Gasteiger partial charge on any atom is 0.328 e. The van der Waals surface area contributed by atoms with Crippen molar-refractivity contribution in [3.05, 3.63) is 18.3 Å². The highest BCUT2D eigenvalue weighted by molar-refractivity contribution is 7.89. The molecular weight excluding hydrogens is 294 g/mol. The molecule has 2 N–H and O–H groups in total. The van der Waals surface area contributed by atoms with Crippen LogP contribution >= 0.6 is 0 Å². The third-order valence-electron chi connectivity index (χ3n) is 3.41. The van der Waals surface area contributed by atoms with E-state index in [-0.39, 0.29) is 16.9 Å². The lowest BCUT2D eigenvalue weighted by molar-refractivity contribution is -0.145. The number of carbonyl (C=O) groups is 1. The van der Waals surface area contributed by atoms with Crippen molar-refractivity contribution < 1.29 is 17.9 Å². The zero-order chi connectivity index (χ0) is 15.5. The normalized spacial score (nSPS) is 19.3. The van der Waals surface area contributed by atoms with E-state index < -0.39 is 10.0 Å². The highest BCUT2D eigenvalue weighted by Gasteiger charge is 2.30. The van der Waals surface area contributed by atoms with Gasteiger partial charge in [-0.2, -0.15) is 0 Å². The fourth-order valence-electron chi connectivity index (χ4n) is 2.40. The minimum atomic E-state index is -3.76. The second kappa shape index (κ2) is 6.40. The van der Waals surface area contributed by atoms with Crippen molar-refractivity contribution in [3.63, 3.8) is 0 Å². The van der Waals surface area contributed by atoms with E-state index in [0.29, 0.717) is 25.4 Å². The Kier molecular flexibility index (Phi) is 4.79. The number of sulfonamides is 1. The number of ether oxygens (including phenoxy) is 1.